The van der Waals surface area contributed by atoms with Crippen LogP contribution in [-0.4, -0.2) is 25.0 Å². The third-order valence-corrected chi connectivity index (χ3v) is 2.54. The molecule has 0 aliphatic heterocycles. The molecule has 0 aliphatic carbocycles. The van der Waals surface area contributed by atoms with Crippen LogP contribution in [0.15, 0.2) is 0 Å². The van der Waals surface area contributed by atoms with Crippen LogP contribution in [0.25, 0.3) is 0 Å². The largest absolute Gasteiger partial charge is 0.354 e. The highest BCUT2D eigenvalue weighted by atomic mass is 16.1. The summed E-state index contributed by atoms with van der Waals surface area (Å²) in [4.78, 5) is 11.3. The Balaban J connectivity index is 3.50. The van der Waals surface area contributed by atoms with E-state index in [0.29, 0.717) is 11.8 Å². The fraction of sp³-hybridized carbons (Fsp3) is 0.917. The fourth-order valence-electron chi connectivity index (χ4n) is 1.15. The van der Waals surface area contributed by atoms with Gasteiger partial charge in [-0.1, -0.05) is 20.8 Å². The van der Waals surface area contributed by atoms with Crippen molar-refractivity contribution in [2.45, 2.75) is 53.5 Å². The first kappa shape index (κ1) is 14.4. The lowest BCUT2D eigenvalue weighted by Gasteiger charge is -2.22. The van der Waals surface area contributed by atoms with Crippen molar-refractivity contribution < 1.29 is 4.79 Å². The summed E-state index contributed by atoms with van der Waals surface area (Å²) >= 11 is 0. The Morgan fingerprint density at radius 2 is 1.93 bits per heavy atom. The van der Waals surface area contributed by atoms with Gasteiger partial charge in [-0.25, -0.2) is 0 Å². The van der Waals surface area contributed by atoms with Gasteiger partial charge in [-0.3, -0.25) is 4.79 Å². The predicted molar refractivity (Wildman–Crippen MR) is 64.8 cm³/mol. The van der Waals surface area contributed by atoms with Crippen LogP contribution in [-0.2, 0) is 4.79 Å². The molecule has 0 fully saturated rings. The summed E-state index contributed by atoms with van der Waals surface area (Å²) in [5.41, 5.74) is 0.328. The molecule has 0 aromatic heterocycles. The number of hydrogen-bond acceptors (Lipinski definition) is 2. The molecule has 0 saturated carbocycles. The molecule has 3 heteroatoms. The number of rotatable bonds is 7. The van der Waals surface area contributed by atoms with E-state index in [1.807, 2.05) is 13.8 Å². The Morgan fingerprint density at radius 1 is 1.33 bits per heavy atom. The molecule has 0 bridgehead atoms. The van der Waals surface area contributed by atoms with Crippen molar-refractivity contribution in [1.29, 1.82) is 0 Å². The average molecular weight is 214 g/mol. The van der Waals surface area contributed by atoms with Crippen LogP contribution < -0.4 is 10.6 Å². The second kappa shape index (κ2) is 6.83. The van der Waals surface area contributed by atoms with Crippen LogP contribution in [0.1, 0.15) is 47.5 Å². The van der Waals surface area contributed by atoms with Crippen LogP contribution in [0, 0.1) is 5.41 Å². The van der Waals surface area contributed by atoms with Gasteiger partial charge < -0.3 is 10.6 Å². The lowest BCUT2D eigenvalue weighted by Crippen LogP contribution is -2.35. The molecule has 15 heavy (non-hydrogen) atoms. The molecular formula is C12H26N2O. The van der Waals surface area contributed by atoms with Crippen molar-refractivity contribution >= 4 is 5.91 Å². The molecule has 3 nitrogen and oxygen atoms in total. The Morgan fingerprint density at radius 3 is 2.40 bits per heavy atom. The van der Waals surface area contributed by atoms with Crippen LogP contribution >= 0.6 is 0 Å². The number of hydrogen-bond donors (Lipinski definition) is 2. The molecule has 0 aliphatic rings. The minimum atomic E-state index is 0.131. The number of nitrogens with one attached hydrogen (secondary N) is 2. The van der Waals surface area contributed by atoms with Gasteiger partial charge in [0.2, 0.25) is 5.91 Å². The highest BCUT2D eigenvalue weighted by Crippen LogP contribution is 2.17. The van der Waals surface area contributed by atoms with E-state index in [-0.39, 0.29) is 11.9 Å². The van der Waals surface area contributed by atoms with Crippen molar-refractivity contribution in [1.82, 2.24) is 10.6 Å². The Labute approximate surface area is 94.0 Å². The SMILES string of the molecule is CCC(C)(C)CNCCC(=O)NC(C)C. The molecule has 0 atom stereocenters. The highest BCUT2D eigenvalue weighted by Gasteiger charge is 2.13. The smallest absolute Gasteiger partial charge is 0.221 e. The van der Waals surface area contributed by atoms with Gasteiger partial charge in [0.15, 0.2) is 0 Å². The van der Waals surface area contributed by atoms with E-state index in [0.717, 1.165) is 19.5 Å². The molecule has 1 amide bonds. The monoisotopic (exact) mass is 214 g/mol. The number of amides is 1. The van der Waals surface area contributed by atoms with Crippen molar-refractivity contribution in [2.75, 3.05) is 13.1 Å². The van der Waals surface area contributed by atoms with Crippen molar-refractivity contribution in [3.63, 3.8) is 0 Å². The molecule has 0 aromatic carbocycles. The molecule has 0 radical (unpaired) electrons. The Kier molecular flexibility index (Phi) is 6.57. The maximum Gasteiger partial charge on any atom is 0.221 e. The quantitative estimate of drug-likeness (QED) is 0.636. The summed E-state index contributed by atoms with van der Waals surface area (Å²) < 4.78 is 0. The molecule has 0 rings (SSSR count). The normalized spacial score (nSPS) is 11.9. The molecule has 0 aromatic rings. The van der Waals surface area contributed by atoms with Crippen LogP contribution in [0.5, 0.6) is 0 Å². The van der Waals surface area contributed by atoms with E-state index in [4.69, 9.17) is 0 Å². The van der Waals surface area contributed by atoms with Crippen molar-refractivity contribution in [3.8, 4) is 0 Å². The van der Waals surface area contributed by atoms with Crippen LogP contribution in [0.4, 0.5) is 0 Å². The predicted octanol–water partition coefficient (Wildman–Crippen LogP) is 1.93. The maximum atomic E-state index is 11.3. The third-order valence-electron chi connectivity index (χ3n) is 2.54. The molecule has 2 N–H and O–H groups in total. The van der Waals surface area contributed by atoms with E-state index in [2.05, 4.69) is 31.4 Å². The first-order chi connectivity index (χ1) is 6.87. The molecule has 0 spiro atoms. The molecular weight excluding hydrogens is 188 g/mol. The maximum absolute atomic E-state index is 11.3. The van der Waals surface area contributed by atoms with Gasteiger partial charge in [0.1, 0.15) is 0 Å². The van der Waals surface area contributed by atoms with Crippen LogP contribution in [0.2, 0.25) is 0 Å². The van der Waals surface area contributed by atoms with E-state index in [1.54, 1.807) is 0 Å². The second-order valence-electron chi connectivity index (χ2n) is 5.17. The summed E-state index contributed by atoms with van der Waals surface area (Å²) in [6.07, 6.45) is 1.72. The molecule has 90 valence electrons. The minimum absolute atomic E-state index is 0.131. The van der Waals surface area contributed by atoms with E-state index in [9.17, 15) is 4.79 Å². The summed E-state index contributed by atoms with van der Waals surface area (Å²) in [7, 11) is 0. The van der Waals surface area contributed by atoms with Gasteiger partial charge in [0.25, 0.3) is 0 Å². The van der Waals surface area contributed by atoms with Gasteiger partial charge in [-0.2, -0.15) is 0 Å². The van der Waals surface area contributed by atoms with Gasteiger partial charge in [0.05, 0.1) is 0 Å². The standard InChI is InChI=1S/C12H26N2O/c1-6-12(4,5)9-13-8-7-11(15)14-10(2)3/h10,13H,6-9H2,1-5H3,(H,14,15). The molecule has 0 heterocycles. The van der Waals surface area contributed by atoms with E-state index >= 15 is 0 Å². The topological polar surface area (TPSA) is 41.1 Å². The summed E-state index contributed by atoms with van der Waals surface area (Å²) in [5, 5.41) is 6.20. The summed E-state index contributed by atoms with van der Waals surface area (Å²) in [6, 6.07) is 0.240. The zero-order valence-electron chi connectivity index (χ0n) is 10.8. The van der Waals surface area contributed by atoms with Gasteiger partial charge in [-0.05, 0) is 25.7 Å². The molecule has 0 saturated heterocycles. The first-order valence-electron chi connectivity index (χ1n) is 5.87. The lowest BCUT2D eigenvalue weighted by molar-refractivity contribution is -0.121. The number of carbonyl (C=O) groups is 1. The Hall–Kier alpha value is -0.570. The zero-order valence-corrected chi connectivity index (χ0v) is 10.8. The first-order valence-corrected chi connectivity index (χ1v) is 5.87. The minimum Gasteiger partial charge on any atom is -0.354 e. The third kappa shape index (κ3) is 8.43. The van der Waals surface area contributed by atoms with Crippen molar-refractivity contribution in [2.24, 2.45) is 5.41 Å². The van der Waals surface area contributed by atoms with E-state index < -0.39 is 0 Å². The fourth-order valence-corrected chi connectivity index (χ4v) is 1.15. The summed E-state index contributed by atoms with van der Waals surface area (Å²) in [6.45, 7) is 12.3. The van der Waals surface area contributed by atoms with Gasteiger partial charge in [-0.15, -0.1) is 0 Å². The average Bonchev–Trinajstić information content (AvgIpc) is 2.11. The molecule has 0 unspecified atom stereocenters. The highest BCUT2D eigenvalue weighted by molar-refractivity contribution is 5.76. The zero-order chi connectivity index (χ0) is 11.9. The van der Waals surface area contributed by atoms with E-state index in [1.165, 1.54) is 0 Å². The Bertz CT molecular complexity index is 188. The van der Waals surface area contributed by atoms with Crippen molar-refractivity contribution in [3.05, 3.63) is 0 Å². The van der Waals surface area contributed by atoms with Crippen LogP contribution in [0.3, 0.4) is 0 Å². The second-order valence-corrected chi connectivity index (χ2v) is 5.17. The lowest BCUT2D eigenvalue weighted by atomic mass is 9.90. The number of carbonyl (C=O) groups excluding carboxylic acids is 1. The van der Waals surface area contributed by atoms with Gasteiger partial charge >= 0.3 is 0 Å². The van der Waals surface area contributed by atoms with Gasteiger partial charge in [0, 0.05) is 25.6 Å². The summed E-state index contributed by atoms with van der Waals surface area (Å²) in [5.74, 6) is 0.131.